The van der Waals surface area contributed by atoms with Crippen LogP contribution in [0.15, 0.2) is 267 Å². The van der Waals surface area contributed by atoms with E-state index in [-0.39, 0.29) is 11.6 Å². The molecule has 0 spiro atoms. The van der Waals surface area contributed by atoms with Gasteiger partial charge in [0, 0.05) is 44.5 Å². The molecule has 4 aliphatic rings. The zero-order valence-electron chi connectivity index (χ0n) is 45.1. The van der Waals surface area contributed by atoms with Crippen molar-refractivity contribution >= 4 is 45.7 Å². The molecule has 0 unspecified atom stereocenters. The predicted octanol–water partition coefficient (Wildman–Crippen LogP) is 17.8. The van der Waals surface area contributed by atoms with E-state index in [0.29, 0.717) is 0 Å². The summed E-state index contributed by atoms with van der Waals surface area (Å²) in [4.78, 5) is 34.1. The van der Waals surface area contributed by atoms with Crippen LogP contribution >= 0.6 is 0 Å². The molecule has 382 valence electrons. The number of hydrogen-bond acceptors (Lipinski definition) is 4. The van der Waals surface area contributed by atoms with Crippen LogP contribution in [0.25, 0.3) is 0 Å². The molecule has 0 aromatic heterocycles. The topological polar surface area (TPSA) is 40.6 Å². The molecule has 4 heteroatoms. The van der Waals surface area contributed by atoms with Crippen LogP contribution in [0.3, 0.4) is 0 Å². The second kappa shape index (κ2) is 17.4. The molecule has 0 saturated heterocycles. The largest absolute Gasteiger partial charge is 0.310 e. The van der Waals surface area contributed by atoms with E-state index in [1.54, 1.807) is 0 Å². The van der Waals surface area contributed by atoms with E-state index >= 15 is 0 Å². The highest BCUT2D eigenvalue weighted by Gasteiger charge is 2.52. The SMILES string of the molecule is CC1(C)c2ccccc2C(=O)c2ccc(N3c4ccccc4C(c4ccccc4)(c4ccccc4)c4cc5c(cc43)C(c3ccccc3)(c3ccccc3)c3ccccc3N5c3ccc4c(c3)C(C)(C)c3ccccc3C4=O)cc21. The summed E-state index contributed by atoms with van der Waals surface area (Å²) in [6.45, 7) is 9.01. The van der Waals surface area contributed by atoms with Crippen molar-refractivity contribution in [3.05, 3.63) is 356 Å². The minimum atomic E-state index is -0.846. The summed E-state index contributed by atoms with van der Waals surface area (Å²) >= 11 is 0. The third kappa shape index (κ3) is 6.39. The van der Waals surface area contributed by atoms with Crippen LogP contribution < -0.4 is 9.80 Å². The van der Waals surface area contributed by atoms with Crippen LogP contribution in [0.1, 0.15) is 126 Å². The lowest BCUT2D eigenvalue weighted by atomic mass is 9.59. The van der Waals surface area contributed by atoms with Crippen molar-refractivity contribution in [1.29, 1.82) is 0 Å². The van der Waals surface area contributed by atoms with Gasteiger partial charge in [0.1, 0.15) is 0 Å². The average Bonchev–Trinajstić information content (AvgIpc) is 3.39. The second-order valence-electron chi connectivity index (χ2n) is 23.0. The lowest BCUT2D eigenvalue weighted by Crippen LogP contribution is -2.41. The molecule has 0 N–H and O–H groups in total. The van der Waals surface area contributed by atoms with E-state index in [0.717, 1.165) is 123 Å². The average molecular weight is 1030 g/mol. The molecule has 2 heterocycles. The van der Waals surface area contributed by atoms with Crippen molar-refractivity contribution in [2.45, 2.75) is 49.4 Å². The summed E-state index contributed by atoms with van der Waals surface area (Å²) in [6, 6.07) is 96.3. The summed E-state index contributed by atoms with van der Waals surface area (Å²) in [5, 5.41) is 0. The smallest absolute Gasteiger partial charge is 0.193 e. The highest BCUT2D eigenvalue weighted by Crippen LogP contribution is 2.64. The molecule has 15 rings (SSSR count). The summed E-state index contributed by atoms with van der Waals surface area (Å²) in [6.07, 6.45) is 0. The number of para-hydroxylation sites is 2. The molecule has 4 nitrogen and oxygen atoms in total. The molecule has 0 radical (unpaired) electrons. The van der Waals surface area contributed by atoms with Gasteiger partial charge in [0.15, 0.2) is 11.6 Å². The Labute approximate surface area is 467 Å². The van der Waals surface area contributed by atoms with E-state index in [4.69, 9.17) is 0 Å². The molecule has 80 heavy (non-hydrogen) atoms. The number of ketones is 2. The molecule has 0 bridgehead atoms. The zero-order chi connectivity index (χ0) is 54.1. The maximum Gasteiger partial charge on any atom is 0.193 e. The van der Waals surface area contributed by atoms with Crippen LogP contribution in [0, 0.1) is 0 Å². The van der Waals surface area contributed by atoms with E-state index in [1.165, 1.54) is 0 Å². The van der Waals surface area contributed by atoms with Gasteiger partial charge >= 0.3 is 0 Å². The molecule has 0 saturated carbocycles. The van der Waals surface area contributed by atoms with Gasteiger partial charge in [0.2, 0.25) is 0 Å². The summed E-state index contributed by atoms with van der Waals surface area (Å²) in [7, 11) is 0. The first kappa shape index (κ1) is 47.6. The summed E-state index contributed by atoms with van der Waals surface area (Å²) in [5.41, 5.74) is 19.5. The van der Waals surface area contributed by atoms with E-state index in [9.17, 15) is 9.59 Å². The normalized spacial score (nSPS) is 16.1. The Bertz CT molecular complexity index is 3990. The standard InChI is InChI=1S/C76H56N2O2/c1-73(2)59-35-19-17-33-55(59)71(79)57-43-41-53(45-63(57)73)77-67-39-23-21-37-61(67)75(49-25-9-5-10-26-49,50-27-11-6-12-28-50)65-48-70-66(47-69(65)77)76(51-29-13-7-14-30-51,52-31-15-8-16-32-52)62-38-22-24-40-68(62)78(70)54-42-44-58-64(46-54)74(3,4)60-36-20-18-34-56(60)72(58)80/h5-48H,1-4H3. The van der Waals surface area contributed by atoms with Crippen LogP contribution in [0.2, 0.25) is 0 Å². The van der Waals surface area contributed by atoms with Gasteiger partial charge in [-0.05, 0) is 127 Å². The van der Waals surface area contributed by atoms with Crippen molar-refractivity contribution in [2.75, 3.05) is 9.80 Å². The molecule has 0 atom stereocenters. The van der Waals surface area contributed by atoms with Crippen LogP contribution in [0.4, 0.5) is 34.1 Å². The monoisotopic (exact) mass is 1030 g/mol. The maximum absolute atomic E-state index is 14.6. The highest BCUT2D eigenvalue weighted by molar-refractivity contribution is 6.14. The van der Waals surface area contributed by atoms with Crippen molar-refractivity contribution in [2.24, 2.45) is 0 Å². The zero-order valence-corrected chi connectivity index (χ0v) is 45.1. The van der Waals surface area contributed by atoms with Gasteiger partial charge < -0.3 is 9.80 Å². The second-order valence-corrected chi connectivity index (χ2v) is 23.0. The van der Waals surface area contributed by atoms with Gasteiger partial charge in [-0.15, -0.1) is 0 Å². The van der Waals surface area contributed by atoms with Crippen LogP contribution in [0.5, 0.6) is 0 Å². The number of benzene rings is 11. The fraction of sp³-hybridized carbons (Fsp3) is 0.105. The molecular weight excluding hydrogens is 973 g/mol. The van der Waals surface area contributed by atoms with E-state index in [1.807, 2.05) is 36.4 Å². The predicted molar refractivity (Wildman–Crippen MR) is 324 cm³/mol. The van der Waals surface area contributed by atoms with Gasteiger partial charge in [-0.25, -0.2) is 0 Å². The molecule has 0 amide bonds. The Morgan fingerprint density at radius 2 is 0.537 bits per heavy atom. The van der Waals surface area contributed by atoms with Crippen molar-refractivity contribution in [3.8, 4) is 0 Å². The first-order valence-electron chi connectivity index (χ1n) is 27.8. The minimum Gasteiger partial charge on any atom is -0.310 e. The number of fused-ring (bicyclic) bond motifs is 8. The lowest BCUT2D eigenvalue weighted by molar-refractivity contribution is 0.102. The Hall–Kier alpha value is -9.64. The molecule has 11 aromatic rings. The Morgan fingerprint density at radius 3 is 0.887 bits per heavy atom. The van der Waals surface area contributed by atoms with Gasteiger partial charge in [-0.1, -0.05) is 234 Å². The minimum absolute atomic E-state index is 0.0514. The van der Waals surface area contributed by atoms with Gasteiger partial charge in [0.25, 0.3) is 0 Å². The fourth-order valence-corrected chi connectivity index (χ4v) is 14.8. The quantitative estimate of drug-likeness (QED) is 0.166. The number of nitrogens with zero attached hydrogens (tertiary/aromatic N) is 2. The third-order valence-electron chi connectivity index (χ3n) is 18.4. The maximum atomic E-state index is 14.6. The molecule has 2 aliphatic carbocycles. The Kier molecular flexibility index (Phi) is 10.4. The van der Waals surface area contributed by atoms with Crippen LogP contribution in [-0.4, -0.2) is 11.6 Å². The molecule has 2 aliphatic heterocycles. The highest BCUT2D eigenvalue weighted by atomic mass is 16.1. The third-order valence-corrected chi connectivity index (χ3v) is 18.4. The van der Waals surface area contributed by atoms with Crippen molar-refractivity contribution in [3.63, 3.8) is 0 Å². The van der Waals surface area contributed by atoms with Crippen molar-refractivity contribution in [1.82, 2.24) is 0 Å². The van der Waals surface area contributed by atoms with Crippen LogP contribution in [-0.2, 0) is 21.7 Å². The molecular formula is C76H56N2O2. The number of carbonyl (C=O) groups excluding carboxylic acids is 2. The fourth-order valence-electron chi connectivity index (χ4n) is 14.8. The van der Waals surface area contributed by atoms with Gasteiger partial charge in [0.05, 0.1) is 33.6 Å². The Balaban J connectivity index is 1.11. The molecule has 0 fully saturated rings. The van der Waals surface area contributed by atoms with Gasteiger partial charge in [-0.2, -0.15) is 0 Å². The Morgan fingerprint density at radius 1 is 0.250 bits per heavy atom. The molecule has 11 aromatic carbocycles. The van der Waals surface area contributed by atoms with Gasteiger partial charge in [-0.3, -0.25) is 9.59 Å². The van der Waals surface area contributed by atoms with E-state index < -0.39 is 21.7 Å². The first-order valence-corrected chi connectivity index (χ1v) is 27.8. The first-order chi connectivity index (χ1) is 39.0. The number of anilines is 6. The number of carbonyl (C=O) groups is 2. The summed E-state index contributed by atoms with van der Waals surface area (Å²) in [5.74, 6) is 0.103. The summed E-state index contributed by atoms with van der Waals surface area (Å²) < 4.78 is 0. The van der Waals surface area contributed by atoms with E-state index in [2.05, 4.69) is 268 Å². The number of rotatable bonds is 6. The van der Waals surface area contributed by atoms with Crippen molar-refractivity contribution < 1.29 is 9.59 Å². The lowest BCUT2D eigenvalue weighted by Gasteiger charge is -2.51. The number of hydrogen-bond donors (Lipinski definition) is 0.